The zero-order valence-corrected chi connectivity index (χ0v) is 18.6. The van der Waals surface area contributed by atoms with E-state index in [9.17, 15) is 14.0 Å². The Kier molecular flexibility index (Phi) is 6.69. The molecule has 2 amide bonds. The van der Waals surface area contributed by atoms with Gasteiger partial charge in [0.25, 0.3) is 11.8 Å². The van der Waals surface area contributed by atoms with Crippen LogP contribution in [0.4, 0.5) is 10.2 Å². The van der Waals surface area contributed by atoms with Crippen molar-refractivity contribution in [1.29, 1.82) is 5.41 Å². The molecule has 1 aromatic carbocycles. The highest BCUT2D eigenvalue weighted by molar-refractivity contribution is 6.10. The smallest absolute Gasteiger partial charge is 0.254 e. The topological polar surface area (TPSA) is 132 Å². The van der Waals surface area contributed by atoms with E-state index >= 15 is 0 Å². The van der Waals surface area contributed by atoms with Crippen LogP contribution < -0.4 is 16.0 Å². The minimum atomic E-state index is -0.606. The monoisotopic (exact) mass is 464 g/mol. The maximum atomic E-state index is 14.5. The number of fused-ring (bicyclic) bond motifs is 1. The molecular weight excluding hydrogens is 439 g/mol. The molecule has 0 aliphatic heterocycles. The van der Waals surface area contributed by atoms with Gasteiger partial charge in [0.2, 0.25) is 0 Å². The van der Waals surface area contributed by atoms with Crippen molar-refractivity contribution < 1.29 is 19.1 Å². The zero-order chi connectivity index (χ0) is 24.2. The number of nitrogens with one attached hydrogen (secondary N) is 4. The lowest BCUT2D eigenvalue weighted by Gasteiger charge is -2.12. The third-order valence-corrected chi connectivity index (χ3v) is 5.48. The van der Waals surface area contributed by atoms with Crippen molar-refractivity contribution in [2.75, 3.05) is 18.5 Å². The number of anilines is 1. The van der Waals surface area contributed by atoms with Gasteiger partial charge in [-0.15, -0.1) is 0 Å². The summed E-state index contributed by atoms with van der Waals surface area (Å²) in [7, 11) is 0. The van der Waals surface area contributed by atoms with Crippen molar-refractivity contribution in [3.05, 3.63) is 70.9 Å². The predicted octanol–water partition coefficient (Wildman–Crippen LogP) is 2.50. The number of amides is 2. The van der Waals surface area contributed by atoms with E-state index in [0.717, 1.165) is 19.1 Å². The number of aliphatic hydroxyl groups is 1. The second-order valence-electron chi connectivity index (χ2n) is 8.05. The molecule has 1 fully saturated rings. The summed E-state index contributed by atoms with van der Waals surface area (Å²) in [6.45, 7) is 1.70. The van der Waals surface area contributed by atoms with Gasteiger partial charge in [-0.05, 0) is 55.2 Å². The number of carbonyl (C=O) groups excluding carboxylic acids is 2. The van der Waals surface area contributed by atoms with Crippen LogP contribution >= 0.6 is 0 Å². The van der Waals surface area contributed by atoms with Crippen LogP contribution in [0.1, 0.15) is 44.7 Å². The first-order valence-corrected chi connectivity index (χ1v) is 10.9. The third kappa shape index (κ3) is 4.96. The molecule has 0 atom stereocenters. The summed E-state index contributed by atoms with van der Waals surface area (Å²) >= 11 is 0. The Balaban J connectivity index is 1.61. The van der Waals surface area contributed by atoms with Crippen molar-refractivity contribution in [2.45, 2.75) is 25.8 Å². The summed E-state index contributed by atoms with van der Waals surface area (Å²) in [5, 5.41) is 25.2. The minimum absolute atomic E-state index is 0.0615. The number of hydrogen-bond donors (Lipinski definition) is 5. The van der Waals surface area contributed by atoms with Gasteiger partial charge in [0.05, 0.1) is 23.9 Å². The second-order valence-corrected chi connectivity index (χ2v) is 8.05. The first-order chi connectivity index (χ1) is 16.4. The van der Waals surface area contributed by atoms with Crippen molar-refractivity contribution in [1.82, 2.24) is 20.0 Å². The molecule has 5 N–H and O–H groups in total. The largest absolute Gasteiger partial charge is 0.395 e. The Morgan fingerprint density at radius 1 is 1.26 bits per heavy atom. The highest BCUT2D eigenvalue weighted by atomic mass is 19.1. The Bertz CT molecular complexity index is 1300. The molecule has 0 radical (unpaired) electrons. The van der Waals surface area contributed by atoms with Gasteiger partial charge in [0, 0.05) is 36.8 Å². The fourth-order valence-corrected chi connectivity index (χ4v) is 3.49. The summed E-state index contributed by atoms with van der Waals surface area (Å²) in [4.78, 5) is 28.9. The third-order valence-electron chi connectivity index (χ3n) is 5.48. The van der Waals surface area contributed by atoms with E-state index in [1.54, 1.807) is 42.1 Å². The normalized spacial score (nSPS) is 13.6. The average molecular weight is 465 g/mol. The highest BCUT2D eigenvalue weighted by Gasteiger charge is 2.25. The molecule has 1 aliphatic rings. The Labute approximate surface area is 195 Å². The predicted molar refractivity (Wildman–Crippen MR) is 127 cm³/mol. The molecule has 0 saturated heterocycles. The number of aliphatic hydroxyl groups excluding tert-OH is 1. The molecule has 2 heterocycles. The van der Waals surface area contributed by atoms with E-state index in [1.807, 2.05) is 0 Å². The molecule has 10 heteroatoms. The second kappa shape index (κ2) is 9.84. The van der Waals surface area contributed by atoms with Crippen molar-refractivity contribution in [3.8, 4) is 0 Å². The van der Waals surface area contributed by atoms with Crippen LogP contribution in [0.15, 0.2) is 42.9 Å². The lowest BCUT2D eigenvalue weighted by Crippen LogP contribution is -2.26. The molecule has 176 valence electrons. The molecule has 3 aromatic rings. The number of aryl methyl sites for hydroxylation is 1. The number of allylic oxidation sites excluding steroid dienone is 1. The van der Waals surface area contributed by atoms with E-state index in [0.29, 0.717) is 33.7 Å². The standard InChI is InChI=1S/C24H25FN6O3/c1-14-8-20(25)19(24(34)30-17-3-4-17)9-18(14)16(10-26)11-28-22-12-29-21-5-2-15(13-31(21)22)23(33)27-6-7-32/h2,5,8-13,17,26,28,32H,3-4,6-7H2,1H3,(H,27,33)(H,30,34)/b16-11+,26-10?. The Hall–Kier alpha value is -4.05. The lowest BCUT2D eigenvalue weighted by molar-refractivity contribution is 0.0937. The van der Waals surface area contributed by atoms with Gasteiger partial charge in [-0.25, -0.2) is 9.37 Å². The van der Waals surface area contributed by atoms with Crippen LogP contribution in [0.25, 0.3) is 11.2 Å². The summed E-state index contributed by atoms with van der Waals surface area (Å²) in [6, 6.07) is 6.17. The number of rotatable bonds is 9. The van der Waals surface area contributed by atoms with Gasteiger partial charge < -0.3 is 26.5 Å². The maximum Gasteiger partial charge on any atom is 0.254 e. The molecular formula is C24H25FN6O3. The summed E-state index contributed by atoms with van der Waals surface area (Å²) in [5.41, 5.74) is 2.49. The van der Waals surface area contributed by atoms with E-state index in [2.05, 4.69) is 20.9 Å². The quantitative estimate of drug-likeness (QED) is 0.311. The minimum Gasteiger partial charge on any atom is -0.395 e. The molecule has 0 spiro atoms. The zero-order valence-electron chi connectivity index (χ0n) is 18.6. The Morgan fingerprint density at radius 3 is 2.76 bits per heavy atom. The van der Waals surface area contributed by atoms with Crippen LogP contribution in [0.2, 0.25) is 0 Å². The lowest BCUT2D eigenvalue weighted by atomic mass is 9.98. The van der Waals surface area contributed by atoms with Crippen LogP contribution in [0, 0.1) is 18.2 Å². The van der Waals surface area contributed by atoms with Gasteiger partial charge in [0.1, 0.15) is 17.3 Å². The number of halogens is 1. The van der Waals surface area contributed by atoms with E-state index in [4.69, 9.17) is 10.5 Å². The number of nitrogens with zero attached hydrogens (tertiary/aromatic N) is 2. The van der Waals surface area contributed by atoms with E-state index in [1.165, 1.54) is 12.1 Å². The molecule has 1 saturated carbocycles. The molecule has 4 rings (SSSR count). The summed E-state index contributed by atoms with van der Waals surface area (Å²) in [6.07, 6.45) is 7.66. The average Bonchev–Trinajstić information content (AvgIpc) is 3.55. The van der Waals surface area contributed by atoms with E-state index < -0.39 is 11.7 Å². The fraction of sp³-hybridized carbons (Fsp3) is 0.250. The SMILES string of the molecule is Cc1cc(F)c(C(=O)NC2CC2)cc1/C(C=N)=C/Nc1cnc2ccc(C(=O)NCCO)cn12. The van der Waals surface area contributed by atoms with Gasteiger partial charge in [-0.3, -0.25) is 14.0 Å². The fourth-order valence-electron chi connectivity index (χ4n) is 3.49. The number of imidazole rings is 1. The van der Waals surface area contributed by atoms with Crippen LogP contribution in [0.5, 0.6) is 0 Å². The van der Waals surface area contributed by atoms with Crippen molar-refractivity contribution in [3.63, 3.8) is 0 Å². The van der Waals surface area contributed by atoms with Crippen molar-refractivity contribution >= 4 is 35.1 Å². The highest BCUT2D eigenvalue weighted by Crippen LogP contribution is 2.24. The molecule has 2 aromatic heterocycles. The van der Waals surface area contributed by atoms with Gasteiger partial charge in [-0.2, -0.15) is 0 Å². The maximum absolute atomic E-state index is 14.5. The molecule has 9 nitrogen and oxygen atoms in total. The Morgan fingerprint density at radius 2 is 2.06 bits per heavy atom. The van der Waals surface area contributed by atoms with Crippen LogP contribution in [-0.4, -0.2) is 51.7 Å². The number of pyridine rings is 1. The van der Waals surface area contributed by atoms with Crippen molar-refractivity contribution in [2.24, 2.45) is 0 Å². The molecule has 34 heavy (non-hydrogen) atoms. The molecule has 0 unspecified atom stereocenters. The number of hydrogen-bond acceptors (Lipinski definition) is 6. The van der Waals surface area contributed by atoms with Gasteiger partial charge in [-0.1, -0.05) is 0 Å². The first-order valence-electron chi connectivity index (χ1n) is 10.9. The first kappa shape index (κ1) is 23.1. The van der Waals surface area contributed by atoms with Gasteiger partial charge >= 0.3 is 0 Å². The van der Waals surface area contributed by atoms with E-state index in [-0.39, 0.29) is 30.7 Å². The summed E-state index contributed by atoms with van der Waals surface area (Å²) in [5.74, 6) is -0.860. The number of carbonyl (C=O) groups is 2. The number of benzene rings is 1. The van der Waals surface area contributed by atoms with Gasteiger partial charge in [0.15, 0.2) is 0 Å². The van der Waals surface area contributed by atoms with Crippen LogP contribution in [-0.2, 0) is 0 Å². The molecule has 0 bridgehead atoms. The van der Waals surface area contributed by atoms with Crippen LogP contribution in [0.3, 0.4) is 0 Å². The number of aromatic nitrogens is 2. The molecule has 1 aliphatic carbocycles. The summed E-state index contributed by atoms with van der Waals surface area (Å²) < 4.78 is 16.2.